The van der Waals surface area contributed by atoms with E-state index in [4.69, 9.17) is 4.55 Å². The van der Waals surface area contributed by atoms with E-state index in [1.807, 2.05) is 0 Å². The van der Waals surface area contributed by atoms with Crippen LogP contribution in [0.25, 0.3) is 0 Å². The number of hydrogen-bond acceptors (Lipinski definition) is 2. The van der Waals surface area contributed by atoms with Crippen LogP contribution in [-0.2, 0) is 22.5 Å². The first-order chi connectivity index (χ1) is 14.3. The van der Waals surface area contributed by atoms with Crippen LogP contribution in [0.15, 0.2) is 77.7 Å². The number of alkyl halides is 6. The fourth-order valence-corrected chi connectivity index (χ4v) is 3.62. The Bertz CT molecular complexity index is 1090. The summed E-state index contributed by atoms with van der Waals surface area (Å²) < 4.78 is 109. The Labute approximate surface area is 173 Å². The molecule has 0 atom stereocenters. The second-order valence-electron chi connectivity index (χ2n) is 6.72. The van der Waals surface area contributed by atoms with Crippen molar-refractivity contribution in [3.05, 3.63) is 101 Å². The van der Waals surface area contributed by atoms with Crippen molar-refractivity contribution < 1.29 is 39.3 Å². The smallest absolute Gasteiger partial charge is 0.282 e. The van der Waals surface area contributed by atoms with Gasteiger partial charge in [-0.1, -0.05) is 36.4 Å². The Balaban J connectivity index is 2.10. The van der Waals surface area contributed by atoms with Gasteiger partial charge in [-0.15, -0.1) is 0 Å². The molecule has 0 unspecified atom stereocenters. The van der Waals surface area contributed by atoms with Gasteiger partial charge in [0.05, 0.1) is 16.0 Å². The summed E-state index contributed by atoms with van der Waals surface area (Å²) in [5.74, 6) is -0.778. The minimum Gasteiger partial charge on any atom is -0.282 e. The van der Waals surface area contributed by atoms with Gasteiger partial charge in [0.2, 0.25) is 0 Å². The Morgan fingerprint density at radius 1 is 0.581 bits per heavy atom. The Kier molecular flexibility index (Phi) is 5.90. The van der Waals surface area contributed by atoms with Crippen molar-refractivity contribution in [1.82, 2.24) is 0 Å². The molecule has 0 amide bonds. The molecule has 1 N–H and O–H groups in total. The zero-order chi connectivity index (χ0) is 23.0. The molecule has 0 saturated heterocycles. The van der Waals surface area contributed by atoms with Crippen LogP contribution in [0.4, 0.5) is 26.3 Å². The van der Waals surface area contributed by atoms with E-state index < -0.39 is 44.4 Å². The van der Waals surface area contributed by atoms with Gasteiger partial charge in [0.15, 0.2) is 0 Å². The van der Waals surface area contributed by atoms with E-state index in [1.54, 1.807) is 0 Å². The lowest BCUT2D eigenvalue weighted by Crippen LogP contribution is -2.09. The highest BCUT2D eigenvalue weighted by atomic mass is 32.2. The molecule has 3 aromatic carbocycles. The summed E-state index contributed by atoms with van der Waals surface area (Å²) in [6.07, 6.45) is -9.11. The van der Waals surface area contributed by atoms with Gasteiger partial charge in [-0.05, 0) is 53.1 Å². The topological polar surface area (TPSA) is 54.4 Å². The normalized spacial score (nSPS) is 12.9. The molecule has 0 fully saturated rings. The lowest BCUT2D eigenvalue weighted by Gasteiger charge is -2.20. The molecule has 0 bridgehead atoms. The third kappa shape index (κ3) is 5.26. The molecular formula is C21H14F6O3S. The number of benzene rings is 3. The third-order valence-electron chi connectivity index (χ3n) is 4.65. The molecule has 10 heteroatoms. The Hall–Kier alpha value is -2.85. The van der Waals surface area contributed by atoms with Gasteiger partial charge in [0.25, 0.3) is 10.1 Å². The van der Waals surface area contributed by atoms with Gasteiger partial charge in [0, 0.05) is 5.92 Å². The van der Waals surface area contributed by atoms with E-state index in [9.17, 15) is 34.8 Å². The zero-order valence-electron chi connectivity index (χ0n) is 15.4. The van der Waals surface area contributed by atoms with Crippen LogP contribution < -0.4 is 0 Å². The molecule has 0 aromatic heterocycles. The average molecular weight is 460 g/mol. The second-order valence-corrected chi connectivity index (χ2v) is 8.14. The summed E-state index contributed by atoms with van der Waals surface area (Å²) in [6, 6.07) is 13.2. The van der Waals surface area contributed by atoms with Crippen LogP contribution in [0, 0.1) is 0 Å². The van der Waals surface area contributed by atoms with Gasteiger partial charge < -0.3 is 0 Å². The van der Waals surface area contributed by atoms with Crippen molar-refractivity contribution in [3.8, 4) is 0 Å². The van der Waals surface area contributed by atoms with Gasteiger partial charge in [0.1, 0.15) is 0 Å². The summed E-state index contributed by atoms with van der Waals surface area (Å²) in [6.45, 7) is 0. The zero-order valence-corrected chi connectivity index (χ0v) is 16.3. The highest BCUT2D eigenvalue weighted by Gasteiger charge is 2.32. The summed E-state index contributed by atoms with van der Waals surface area (Å²) in [5.41, 5.74) is -0.653. The fraction of sp³-hybridized carbons (Fsp3) is 0.143. The summed E-state index contributed by atoms with van der Waals surface area (Å²) >= 11 is 0. The minimum absolute atomic E-state index is 0.354. The predicted molar refractivity (Wildman–Crippen MR) is 100 cm³/mol. The van der Waals surface area contributed by atoms with Crippen LogP contribution in [0.3, 0.4) is 0 Å². The van der Waals surface area contributed by atoms with E-state index in [-0.39, 0.29) is 0 Å². The van der Waals surface area contributed by atoms with Crippen LogP contribution >= 0.6 is 0 Å². The van der Waals surface area contributed by atoms with Crippen LogP contribution in [0.1, 0.15) is 33.7 Å². The molecule has 164 valence electrons. The van der Waals surface area contributed by atoms with E-state index in [0.717, 1.165) is 36.4 Å². The summed E-state index contributed by atoms with van der Waals surface area (Å²) in [4.78, 5) is -0.394. The van der Waals surface area contributed by atoms with Crippen LogP contribution in [0.2, 0.25) is 0 Å². The first-order valence-corrected chi connectivity index (χ1v) is 10.1. The van der Waals surface area contributed by atoms with Gasteiger partial charge in [-0.3, -0.25) is 4.55 Å². The molecule has 0 radical (unpaired) electrons. The maximum absolute atomic E-state index is 12.9. The lowest BCUT2D eigenvalue weighted by molar-refractivity contribution is -0.138. The molecular weight excluding hydrogens is 446 g/mol. The predicted octanol–water partition coefficient (Wildman–Crippen LogP) is 6.15. The molecule has 0 saturated carbocycles. The van der Waals surface area contributed by atoms with E-state index in [1.165, 1.54) is 36.4 Å². The maximum atomic E-state index is 12.9. The highest BCUT2D eigenvalue weighted by molar-refractivity contribution is 7.85. The molecule has 3 aromatic rings. The van der Waals surface area contributed by atoms with Crippen LogP contribution in [-0.4, -0.2) is 13.0 Å². The third-order valence-corrected chi connectivity index (χ3v) is 5.52. The monoisotopic (exact) mass is 460 g/mol. The molecule has 31 heavy (non-hydrogen) atoms. The quantitative estimate of drug-likeness (QED) is 0.289. The largest absolute Gasteiger partial charge is 0.416 e. The summed E-state index contributed by atoms with van der Waals surface area (Å²) in [7, 11) is -4.47. The fourth-order valence-electron chi connectivity index (χ4n) is 3.14. The Morgan fingerprint density at radius 2 is 0.871 bits per heavy atom. The molecule has 0 aliphatic heterocycles. The van der Waals surface area contributed by atoms with Crippen molar-refractivity contribution in [3.63, 3.8) is 0 Å². The number of hydrogen-bond donors (Lipinski definition) is 1. The molecule has 0 spiro atoms. The second kappa shape index (κ2) is 8.01. The molecule has 0 aliphatic rings. The van der Waals surface area contributed by atoms with Crippen molar-refractivity contribution in [2.24, 2.45) is 0 Å². The molecule has 3 nitrogen and oxygen atoms in total. The van der Waals surface area contributed by atoms with Crippen LogP contribution in [0.5, 0.6) is 0 Å². The number of rotatable bonds is 4. The van der Waals surface area contributed by atoms with E-state index in [0.29, 0.717) is 16.7 Å². The highest BCUT2D eigenvalue weighted by Crippen LogP contribution is 2.37. The molecule has 0 heterocycles. The van der Waals surface area contributed by atoms with Crippen molar-refractivity contribution in [1.29, 1.82) is 0 Å². The average Bonchev–Trinajstić information content (AvgIpc) is 2.67. The van der Waals surface area contributed by atoms with Gasteiger partial charge >= 0.3 is 12.4 Å². The molecule has 3 rings (SSSR count). The van der Waals surface area contributed by atoms with E-state index >= 15 is 0 Å². The molecule has 0 aliphatic carbocycles. The Morgan fingerprint density at radius 3 is 1.13 bits per heavy atom. The first kappa shape index (κ1) is 22.8. The standard InChI is InChI=1S/C21H14F6O3S/c22-20(23,24)16-7-1-13(2-8-16)19(14-3-9-17(10-4-14)21(25,26)27)15-5-11-18(12-6-15)31(28,29)30/h1-12,19H,(H,28,29,30). The minimum atomic E-state index is -4.56. The van der Waals surface area contributed by atoms with Gasteiger partial charge in [-0.25, -0.2) is 0 Å². The lowest BCUT2D eigenvalue weighted by atomic mass is 9.84. The maximum Gasteiger partial charge on any atom is 0.416 e. The SMILES string of the molecule is O=S(=O)(O)c1ccc(C(c2ccc(C(F)(F)F)cc2)c2ccc(C(F)(F)F)cc2)cc1. The van der Waals surface area contributed by atoms with Crippen molar-refractivity contribution >= 4 is 10.1 Å². The van der Waals surface area contributed by atoms with E-state index in [2.05, 4.69) is 0 Å². The first-order valence-electron chi connectivity index (χ1n) is 8.68. The number of halogens is 6. The van der Waals surface area contributed by atoms with Gasteiger partial charge in [-0.2, -0.15) is 34.8 Å². The van der Waals surface area contributed by atoms with Crippen molar-refractivity contribution in [2.45, 2.75) is 23.2 Å². The van der Waals surface area contributed by atoms with Crippen molar-refractivity contribution in [2.75, 3.05) is 0 Å². The summed E-state index contributed by atoms with van der Waals surface area (Å²) in [5, 5.41) is 0.